The highest BCUT2D eigenvalue weighted by atomic mass is 32.2. The minimum absolute atomic E-state index is 0.122. The van der Waals surface area contributed by atoms with Crippen molar-refractivity contribution in [3.8, 4) is 0 Å². The van der Waals surface area contributed by atoms with Crippen LogP contribution in [0.4, 0.5) is 0 Å². The van der Waals surface area contributed by atoms with E-state index in [1.807, 2.05) is 23.9 Å². The monoisotopic (exact) mass is 308 g/mol. The number of benzene rings is 1. The smallest absolute Gasteiger partial charge is 0.175 e. The highest BCUT2D eigenvalue weighted by Crippen LogP contribution is 2.21. The fourth-order valence-electron chi connectivity index (χ4n) is 2.22. The van der Waals surface area contributed by atoms with Crippen LogP contribution in [0.25, 0.3) is 0 Å². The van der Waals surface area contributed by atoms with E-state index in [2.05, 4.69) is 10.4 Å². The van der Waals surface area contributed by atoms with Crippen molar-refractivity contribution in [1.82, 2.24) is 15.0 Å². The predicted octanol–water partition coefficient (Wildman–Crippen LogP) is 0.961. The van der Waals surface area contributed by atoms with Crippen LogP contribution in [0.2, 0.25) is 0 Å². The summed E-state index contributed by atoms with van der Waals surface area (Å²) in [6, 6.07) is 6.74. The fourth-order valence-corrected chi connectivity index (χ4v) is 2.89. The normalized spacial score (nSPS) is 13.3. The van der Waals surface area contributed by atoms with E-state index in [9.17, 15) is 8.42 Å². The number of nitrogens with one attached hydrogen (secondary N) is 1. The Balaban J connectivity index is 2.16. The lowest BCUT2D eigenvalue weighted by Gasteiger charge is -2.17. The second kappa shape index (κ2) is 6.38. The topological polar surface area (TPSA) is 90.0 Å². The zero-order valence-electron chi connectivity index (χ0n) is 12.2. The number of imidazole rings is 1. The minimum Gasteiger partial charge on any atom is -0.338 e. The molecule has 6 nitrogen and oxygen atoms in total. The lowest BCUT2D eigenvalue weighted by molar-refractivity contribution is 0.505. The van der Waals surface area contributed by atoms with Crippen molar-refractivity contribution in [2.75, 3.05) is 6.26 Å². The summed E-state index contributed by atoms with van der Waals surface area (Å²) < 4.78 is 25.2. The fraction of sp³-hybridized carbons (Fsp3) is 0.357. The van der Waals surface area contributed by atoms with Gasteiger partial charge in [-0.15, -0.1) is 0 Å². The molecule has 0 aliphatic heterocycles. The van der Waals surface area contributed by atoms with Crippen molar-refractivity contribution in [2.24, 2.45) is 12.9 Å². The van der Waals surface area contributed by atoms with E-state index >= 15 is 0 Å². The molecule has 114 valence electrons. The zero-order valence-corrected chi connectivity index (χ0v) is 13.0. The molecule has 2 rings (SSSR count). The van der Waals surface area contributed by atoms with Gasteiger partial charge in [-0.2, -0.15) is 0 Å². The Morgan fingerprint density at radius 1 is 1.43 bits per heavy atom. The van der Waals surface area contributed by atoms with Crippen molar-refractivity contribution >= 4 is 9.84 Å². The molecule has 0 amide bonds. The van der Waals surface area contributed by atoms with E-state index in [0.717, 1.165) is 24.2 Å². The SMILES string of the molecule is Cn1ccnc1CCC(NN)c1cccc(S(C)(=O)=O)c1. The van der Waals surface area contributed by atoms with Gasteiger partial charge in [-0.1, -0.05) is 12.1 Å². The summed E-state index contributed by atoms with van der Waals surface area (Å²) in [5.74, 6) is 6.58. The summed E-state index contributed by atoms with van der Waals surface area (Å²) in [5.41, 5.74) is 3.60. The number of rotatable bonds is 6. The van der Waals surface area contributed by atoms with Gasteiger partial charge in [0.25, 0.3) is 0 Å². The third-order valence-corrected chi connectivity index (χ3v) is 4.58. The maximum Gasteiger partial charge on any atom is 0.175 e. The highest BCUT2D eigenvalue weighted by Gasteiger charge is 2.14. The van der Waals surface area contributed by atoms with Crippen LogP contribution in [-0.4, -0.2) is 24.2 Å². The van der Waals surface area contributed by atoms with Crippen molar-refractivity contribution in [3.05, 3.63) is 48.0 Å². The summed E-state index contributed by atoms with van der Waals surface area (Å²) >= 11 is 0. The van der Waals surface area contributed by atoms with Gasteiger partial charge in [0.2, 0.25) is 0 Å². The van der Waals surface area contributed by atoms with Crippen molar-refractivity contribution < 1.29 is 8.42 Å². The number of sulfone groups is 1. The molecule has 0 fully saturated rings. The molecule has 7 heteroatoms. The van der Waals surface area contributed by atoms with Crippen LogP contribution in [0.5, 0.6) is 0 Å². The number of nitrogens with two attached hydrogens (primary N) is 1. The summed E-state index contributed by atoms with van der Waals surface area (Å²) in [6.45, 7) is 0. The predicted molar refractivity (Wildman–Crippen MR) is 81.1 cm³/mol. The number of hydrogen-bond donors (Lipinski definition) is 2. The van der Waals surface area contributed by atoms with E-state index in [4.69, 9.17) is 5.84 Å². The lowest BCUT2D eigenvalue weighted by Crippen LogP contribution is -2.28. The first kappa shape index (κ1) is 15.7. The van der Waals surface area contributed by atoms with Crippen LogP contribution in [0.15, 0.2) is 41.6 Å². The van der Waals surface area contributed by atoms with Crippen LogP contribution in [0.3, 0.4) is 0 Å². The first-order valence-electron chi connectivity index (χ1n) is 6.64. The third kappa shape index (κ3) is 3.90. The van der Waals surface area contributed by atoms with Crippen LogP contribution < -0.4 is 11.3 Å². The summed E-state index contributed by atoms with van der Waals surface area (Å²) in [6.07, 6.45) is 6.33. The molecular formula is C14H20N4O2S. The standard InChI is InChI=1S/C14H20N4O2S/c1-18-9-8-16-14(18)7-6-13(17-15)11-4-3-5-12(10-11)21(2,19)20/h3-5,8-10,13,17H,6-7,15H2,1-2H3. The van der Waals surface area contributed by atoms with Crippen molar-refractivity contribution in [3.63, 3.8) is 0 Å². The van der Waals surface area contributed by atoms with E-state index in [0.29, 0.717) is 4.90 Å². The van der Waals surface area contributed by atoms with Crippen LogP contribution >= 0.6 is 0 Å². The van der Waals surface area contributed by atoms with Gasteiger partial charge < -0.3 is 4.57 Å². The Kier molecular flexibility index (Phi) is 4.76. The Labute approximate surface area is 124 Å². The summed E-state index contributed by atoms with van der Waals surface area (Å²) in [7, 11) is -1.28. The van der Waals surface area contributed by atoms with Gasteiger partial charge in [0.1, 0.15) is 5.82 Å². The van der Waals surface area contributed by atoms with E-state index in [-0.39, 0.29) is 6.04 Å². The largest absolute Gasteiger partial charge is 0.338 e. The molecule has 3 N–H and O–H groups in total. The van der Waals surface area contributed by atoms with E-state index in [1.165, 1.54) is 6.26 Å². The van der Waals surface area contributed by atoms with Crippen molar-refractivity contribution in [2.45, 2.75) is 23.8 Å². The molecule has 0 aliphatic carbocycles. The number of hydrazine groups is 1. The van der Waals surface area contributed by atoms with Gasteiger partial charge in [0.05, 0.1) is 4.90 Å². The second-order valence-corrected chi connectivity index (χ2v) is 7.07. The molecule has 0 aliphatic rings. The quantitative estimate of drug-likeness (QED) is 0.613. The highest BCUT2D eigenvalue weighted by molar-refractivity contribution is 7.90. The van der Waals surface area contributed by atoms with Gasteiger partial charge >= 0.3 is 0 Å². The Bertz CT molecular complexity index is 709. The maximum absolute atomic E-state index is 11.6. The van der Waals surface area contributed by atoms with Gasteiger partial charge in [-0.05, 0) is 24.1 Å². The number of aryl methyl sites for hydroxylation is 2. The average molecular weight is 308 g/mol. The molecule has 0 saturated heterocycles. The van der Waals surface area contributed by atoms with Crippen LogP contribution in [-0.2, 0) is 23.3 Å². The summed E-state index contributed by atoms with van der Waals surface area (Å²) in [4.78, 5) is 4.57. The molecule has 21 heavy (non-hydrogen) atoms. The van der Waals surface area contributed by atoms with Crippen LogP contribution in [0, 0.1) is 0 Å². The molecule has 1 atom stereocenters. The third-order valence-electron chi connectivity index (χ3n) is 3.47. The Hall–Kier alpha value is -1.70. The van der Waals surface area contributed by atoms with E-state index in [1.54, 1.807) is 24.4 Å². The van der Waals surface area contributed by atoms with Gasteiger partial charge in [0.15, 0.2) is 9.84 Å². The molecule has 0 saturated carbocycles. The van der Waals surface area contributed by atoms with Gasteiger partial charge in [-0.3, -0.25) is 11.3 Å². The second-order valence-electron chi connectivity index (χ2n) is 5.06. The Morgan fingerprint density at radius 3 is 2.76 bits per heavy atom. The maximum atomic E-state index is 11.6. The number of nitrogens with zero attached hydrogens (tertiary/aromatic N) is 2. The molecule has 0 bridgehead atoms. The first-order valence-corrected chi connectivity index (χ1v) is 8.53. The molecule has 2 aromatic rings. The van der Waals surface area contributed by atoms with E-state index < -0.39 is 9.84 Å². The van der Waals surface area contributed by atoms with Crippen molar-refractivity contribution in [1.29, 1.82) is 0 Å². The average Bonchev–Trinajstić information content (AvgIpc) is 2.84. The zero-order chi connectivity index (χ0) is 15.5. The minimum atomic E-state index is -3.22. The molecular weight excluding hydrogens is 288 g/mol. The molecule has 0 radical (unpaired) electrons. The lowest BCUT2D eigenvalue weighted by atomic mass is 10.0. The van der Waals surface area contributed by atoms with Crippen LogP contribution in [0.1, 0.15) is 23.9 Å². The summed E-state index contributed by atoms with van der Waals surface area (Å²) in [5, 5.41) is 0. The van der Waals surface area contributed by atoms with Gasteiger partial charge in [-0.25, -0.2) is 13.4 Å². The number of aromatic nitrogens is 2. The number of hydrogen-bond acceptors (Lipinski definition) is 5. The Morgan fingerprint density at radius 2 is 2.19 bits per heavy atom. The molecule has 0 spiro atoms. The molecule has 1 unspecified atom stereocenters. The molecule has 1 aromatic heterocycles. The molecule has 1 aromatic carbocycles. The van der Waals surface area contributed by atoms with Gasteiger partial charge in [0, 0.05) is 38.2 Å². The first-order chi connectivity index (χ1) is 9.91. The molecule has 1 heterocycles.